The zero-order chi connectivity index (χ0) is 38.3. The number of methoxy groups -OCH3 is 2. The molecule has 2 aromatic heterocycles. The molecule has 6 rings (SSSR count). The van der Waals surface area contributed by atoms with Gasteiger partial charge in [0, 0.05) is 41.4 Å². The minimum atomic E-state index is -4.81. The molecule has 4 aromatic rings. The smallest absolute Gasteiger partial charge is 0.421 e. The molecule has 53 heavy (non-hydrogen) atoms. The molecule has 2 heterocycles. The molecule has 2 aliphatic rings. The molecule has 1 saturated carbocycles. The number of hydrogen-bond acceptors (Lipinski definition) is 9. The van der Waals surface area contributed by atoms with Gasteiger partial charge >= 0.3 is 12.1 Å². The van der Waals surface area contributed by atoms with E-state index < -0.39 is 40.8 Å². The Labute approximate surface area is 310 Å². The zero-order valence-corrected chi connectivity index (χ0v) is 30.8. The highest BCUT2D eigenvalue weighted by atomic mass is 35.5. The summed E-state index contributed by atoms with van der Waals surface area (Å²) in [5.74, 6) is -1.44. The number of carboxylic acids is 1. The number of nitrogens with zero attached hydrogens (tertiary/aromatic N) is 2. The van der Waals surface area contributed by atoms with Gasteiger partial charge < -0.3 is 29.7 Å². The summed E-state index contributed by atoms with van der Waals surface area (Å²) in [5, 5.41) is 26.1. The molecule has 0 saturated heterocycles. The molecule has 0 bridgehead atoms. The van der Waals surface area contributed by atoms with Crippen molar-refractivity contribution in [3.8, 4) is 40.0 Å². The van der Waals surface area contributed by atoms with Gasteiger partial charge in [-0.3, -0.25) is 10.1 Å². The van der Waals surface area contributed by atoms with Gasteiger partial charge in [-0.25, -0.2) is 4.98 Å². The van der Waals surface area contributed by atoms with Crippen molar-refractivity contribution in [2.24, 2.45) is 0 Å². The average Bonchev–Trinajstić information content (AvgIpc) is 3.51. The van der Waals surface area contributed by atoms with Crippen LogP contribution in [0.3, 0.4) is 0 Å². The first kappa shape index (κ1) is 38.3. The fourth-order valence-corrected chi connectivity index (χ4v) is 7.23. The first-order valence-corrected chi connectivity index (χ1v) is 17.6. The molecule has 14 heteroatoms. The number of pyridine rings is 2. The van der Waals surface area contributed by atoms with Crippen molar-refractivity contribution in [3.05, 3.63) is 87.4 Å². The van der Waals surface area contributed by atoms with Crippen molar-refractivity contribution in [1.29, 1.82) is 0 Å². The van der Waals surface area contributed by atoms with Gasteiger partial charge in [0.2, 0.25) is 17.6 Å². The van der Waals surface area contributed by atoms with Crippen molar-refractivity contribution in [2.75, 3.05) is 14.2 Å². The monoisotopic (exact) mass is 754 g/mol. The quantitative estimate of drug-likeness (QED) is 0.109. The van der Waals surface area contributed by atoms with Crippen LogP contribution in [-0.2, 0) is 30.5 Å². The Hall–Kier alpha value is -4.43. The summed E-state index contributed by atoms with van der Waals surface area (Å²) in [4.78, 5) is 20.4. The zero-order valence-electron chi connectivity index (χ0n) is 30.0. The number of hydrogen-bond donors (Lipinski definition) is 4. The fourth-order valence-electron chi connectivity index (χ4n) is 6.90. The molecule has 0 spiro atoms. The van der Waals surface area contributed by atoms with Crippen LogP contribution in [0.5, 0.6) is 17.6 Å². The Bertz CT molecular complexity index is 2010. The van der Waals surface area contributed by atoms with Gasteiger partial charge in [0.05, 0.1) is 30.5 Å². The highest BCUT2D eigenvalue weighted by molar-refractivity contribution is 6.36. The number of rotatable bonds is 13. The van der Waals surface area contributed by atoms with Gasteiger partial charge in [-0.15, -0.1) is 0 Å². The van der Waals surface area contributed by atoms with Crippen LogP contribution in [-0.4, -0.2) is 57.6 Å². The number of carbonyl (C=O) groups is 1. The summed E-state index contributed by atoms with van der Waals surface area (Å²) in [5.41, 5.74) is 2.26. The molecular formula is C39H42ClF3N4O6. The highest BCUT2D eigenvalue weighted by Gasteiger charge is 2.40. The third-order valence-electron chi connectivity index (χ3n) is 9.90. The van der Waals surface area contributed by atoms with Gasteiger partial charge in [0.15, 0.2) is 0 Å². The van der Waals surface area contributed by atoms with E-state index in [2.05, 4.69) is 15.6 Å². The normalized spacial score (nSPS) is 19.7. The summed E-state index contributed by atoms with van der Waals surface area (Å²) >= 11 is 7.09. The average molecular weight is 755 g/mol. The van der Waals surface area contributed by atoms with Gasteiger partial charge in [-0.2, -0.15) is 18.2 Å². The molecule has 1 atom stereocenters. The minimum Gasteiger partial charge on any atom is -0.481 e. The Morgan fingerprint density at radius 1 is 0.943 bits per heavy atom. The van der Waals surface area contributed by atoms with E-state index in [-0.39, 0.29) is 24.0 Å². The third kappa shape index (κ3) is 8.08. The van der Waals surface area contributed by atoms with E-state index >= 15 is 0 Å². The molecule has 1 fully saturated rings. The Balaban J connectivity index is 1.27. The van der Waals surface area contributed by atoms with E-state index in [1.807, 2.05) is 55.5 Å². The second-order valence-corrected chi connectivity index (χ2v) is 14.7. The molecule has 282 valence electrons. The number of benzene rings is 2. The number of fused-ring (bicyclic) bond motifs is 1. The summed E-state index contributed by atoms with van der Waals surface area (Å²) < 4.78 is 60.2. The predicted molar refractivity (Wildman–Crippen MR) is 193 cm³/mol. The molecule has 4 N–H and O–H groups in total. The number of aromatic nitrogens is 2. The molecule has 2 aliphatic carbocycles. The number of alkyl halides is 3. The number of carboxylic acid groups (broad SMARTS) is 1. The maximum atomic E-state index is 14.4. The fraction of sp³-hybridized carbons (Fsp3) is 0.410. The molecule has 10 nitrogen and oxygen atoms in total. The van der Waals surface area contributed by atoms with Crippen molar-refractivity contribution in [2.45, 2.75) is 89.0 Å². The largest absolute Gasteiger partial charge is 0.481 e. The molecule has 0 aliphatic heterocycles. The first-order chi connectivity index (χ1) is 25.0. The van der Waals surface area contributed by atoms with E-state index in [1.165, 1.54) is 21.0 Å². The first-order valence-electron chi connectivity index (χ1n) is 17.2. The molecule has 0 radical (unpaired) electrons. The van der Waals surface area contributed by atoms with Gasteiger partial charge in [0.25, 0.3) is 0 Å². The van der Waals surface area contributed by atoms with Crippen LogP contribution in [0.1, 0.15) is 74.0 Å². The Morgan fingerprint density at radius 2 is 1.60 bits per heavy atom. The molecule has 2 aromatic carbocycles. The van der Waals surface area contributed by atoms with Gasteiger partial charge in [-0.1, -0.05) is 54.1 Å². The van der Waals surface area contributed by atoms with Gasteiger partial charge in [0.1, 0.15) is 17.2 Å². The number of halogens is 4. The van der Waals surface area contributed by atoms with E-state index in [0.717, 1.165) is 33.9 Å². The van der Waals surface area contributed by atoms with Crippen molar-refractivity contribution >= 4 is 17.6 Å². The standard InChI is InChI=1S/C39H42ClF3N4O6/c1-37(2,36(48)49)45-20-22-16-29(39(41,42)43)35(47-34(22)52-5)53-31-15-13-25-24(8-6-9-26(25)31)27-10-7-11-28(32(27)40)30-14-12-21(33(46-30)51-4)19-44-23-17-38(3,50)18-23/h6-12,14,16,23,31,44-45,50H,13,15,17-20H2,1-5H3,(H,48,49)/t23-,31-,38-/m0/s1. The Kier molecular flexibility index (Phi) is 10.7. The highest BCUT2D eigenvalue weighted by Crippen LogP contribution is 2.46. The summed E-state index contributed by atoms with van der Waals surface area (Å²) in [6.45, 7) is 4.93. The van der Waals surface area contributed by atoms with Crippen molar-refractivity contribution in [1.82, 2.24) is 20.6 Å². The van der Waals surface area contributed by atoms with Crippen molar-refractivity contribution in [3.63, 3.8) is 0 Å². The predicted octanol–water partition coefficient (Wildman–Crippen LogP) is 7.52. The molecule has 0 unspecified atom stereocenters. The molecular weight excluding hydrogens is 713 g/mol. The van der Waals surface area contributed by atoms with Gasteiger partial charge in [-0.05, 0) is 75.3 Å². The number of ether oxygens (including phenoxy) is 3. The summed E-state index contributed by atoms with van der Waals surface area (Å²) in [7, 11) is 2.84. The van der Waals surface area contributed by atoms with Crippen LogP contribution < -0.4 is 24.8 Å². The topological polar surface area (TPSA) is 135 Å². The lowest BCUT2D eigenvalue weighted by atomic mass is 9.77. The maximum absolute atomic E-state index is 14.4. The Morgan fingerprint density at radius 3 is 2.26 bits per heavy atom. The lowest BCUT2D eigenvalue weighted by Gasteiger charge is -2.41. The van der Waals surface area contributed by atoms with Crippen LogP contribution in [0.2, 0.25) is 5.02 Å². The second kappa shape index (κ2) is 14.8. The van der Waals surface area contributed by atoms with Crippen LogP contribution in [0.4, 0.5) is 13.2 Å². The number of aliphatic hydroxyl groups is 1. The SMILES string of the molecule is COc1nc(-c2cccc(-c3cccc4c3CC[C@@H]4Oc3nc(OC)c(CNC(C)(C)C(=O)O)cc3C(F)(F)F)c2Cl)ccc1CN[C@H]1C[C@](C)(O)C1. The molecule has 0 amide bonds. The lowest BCUT2D eigenvalue weighted by molar-refractivity contribution is -0.143. The third-order valence-corrected chi connectivity index (χ3v) is 10.3. The summed E-state index contributed by atoms with van der Waals surface area (Å²) in [6.07, 6.45) is -3.27. The van der Waals surface area contributed by atoms with Crippen molar-refractivity contribution < 1.29 is 42.4 Å². The van der Waals surface area contributed by atoms with Crippen LogP contribution in [0.25, 0.3) is 22.4 Å². The second-order valence-electron chi connectivity index (χ2n) is 14.3. The lowest BCUT2D eigenvalue weighted by Crippen LogP contribution is -2.51. The maximum Gasteiger partial charge on any atom is 0.421 e. The summed E-state index contributed by atoms with van der Waals surface area (Å²) in [6, 6.07) is 16.1. The van der Waals surface area contributed by atoms with Crippen LogP contribution in [0, 0.1) is 0 Å². The van der Waals surface area contributed by atoms with E-state index in [0.29, 0.717) is 54.4 Å². The number of aliphatic carboxylic acids is 1. The van der Waals surface area contributed by atoms with Crippen LogP contribution >= 0.6 is 11.6 Å². The van der Waals surface area contributed by atoms with E-state index in [4.69, 9.17) is 30.8 Å². The number of nitrogens with one attached hydrogen (secondary N) is 2. The van der Waals surface area contributed by atoms with Crippen LogP contribution in [0.15, 0.2) is 54.6 Å². The van der Waals surface area contributed by atoms with E-state index in [1.54, 1.807) is 7.11 Å². The minimum absolute atomic E-state index is 0.0346. The van der Waals surface area contributed by atoms with E-state index in [9.17, 15) is 28.2 Å².